The fourth-order valence-electron chi connectivity index (χ4n) is 2.71. The van der Waals surface area contributed by atoms with Gasteiger partial charge in [0.25, 0.3) is 0 Å². The van der Waals surface area contributed by atoms with Crippen molar-refractivity contribution in [2.45, 2.75) is 25.7 Å². The minimum absolute atomic E-state index is 0.134. The summed E-state index contributed by atoms with van der Waals surface area (Å²) in [6.07, 6.45) is 7.97. The molecule has 2 aromatic rings. The zero-order valence-electron chi connectivity index (χ0n) is 12.1. The smallest absolute Gasteiger partial charge is 0.0141 e. The van der Waals surface area contributed by atoms with E-state index in [-0.39, 0.29) is 5.41 Å². The Morgan fingerprint density at radius 2 is 1.50 bits per heavy atom. The summed E-state index contributed by atoms with van der Waals surface area (Å²) in [5.74, 6) is 0. The molecule has 0 spiro atoms. The average Bonchev–Trinajstić information content (AvgIpc) is 2.52. The van der Waals surface area contributed by atoms with Crippen LogP contribution in [-0.4, -0.2) is 0 Å². The minimum atomic E-state index is 0.134. The van der Waals surface area contributed by atoms with Crippen LogP contribution >= 0.6 is 0 Å². The summed E-state index contributed by atoms with van der Waals surface area (Å²) in [7, 11) is 0. The SMILES string of the molecule is CC1=CCC(C)(c2ccc(-c3ccccc3)cc2)C=C1. The van der Waals surface area contributed by atoms with Gasteiger partial charge in [-0.05, 0) is 30.0 Å². The number of benzene rings is 2. The first-order valence-corrected chi connectivity index (χ1v) is 7.19. The topological polar surface area (TPSA) is 0 Å². The fourth-order valence-corrected chi connectivity index (χ4v) is 2.71. The summed E-state index contributed by atoms with van der Waals surface area (Å²) in [5, 5.41) is 0. The van der Waals surface area contributed by atoms with Crippen LogP contribution in [0.15, 0.2) is 78.4 Å². The Balaban J connectivity index is 1.89. The van der Waals surface area contributed by atoms with Gasteiger partial charge in [-0.15, -0.1) is 0 Å². The second-order valence-electron chi connectivity index (χ2n) is 5.85. The lowest BCUT2D eigenvalue weighted by Crippen LogP contribution is -2.19. The molecule has 0 fully saturated rings. The minimum Gasteiger partial charge on any atom is -0.0804 e. The molecule has 20 heavy (non-hydrogen) atoms. The predicted molar refractivity (Wildman–Crippen MR) is 86.7 cm³/mol. The molecule has 100 valence electrons. The summed E-state index contributed by atoms with van der Waals surface area (Å²) < 4.78 is 0. The Labute approximate surface area is 121 Å². The number of rotatable bonds is 2. The van der Waals surface area contributed by atoms with Gasteiger partial charge in [-0.3, -0.25) is 0 Å². The molecule has 0 heterocycles. The second kappa shape index (κ2) is 5.13. The summed E-state index contributed by atoms with van der Waals surface area (Å²) >= 11 is 0. The molecular weight excluding hydrogens is 240 g/mol. The van der Waals surface area contributed by atoms with Gasteiger partial charge in [0.1, 0.15) is 0 Å². The summed E-state index contributed by atoms with van der Waals surface area (Å²) in [6, 6.07) is 19.5. The first-order chi connectivity index (χ1) is 9.67. The molecule has 0 heteroatoms. The van der Waals surface area contributed by atoms with Gasteiger partial charge < -0.3 is 0 Å². The highest BCUT2D eigenvalue weighted by Gasteiger charge is 2.24. The molecular formula is C20H20. The van der Waals surface area contributed by atoms with Gasteiger partial charge in [-0.2, -0.15) is 0 Å². The van der Waals surface area contributed by atoms with Gasteiger partial charge >= 0.3 is 0 Å². The van der Waals surface area contributed by atoms with Crippen LogP contribution in [0.1, 0.15) is 25.8 Å². The zero-order valence-corrected chi connectivity index (χ0v) is 12.1. The molecule has 1 aliphatic rings. The molecule has 0 saturated heterocycles. The molecule has 1 atom stereocenters. The van der Waals surface area contributed by atoms with Gasteiger partial charge in [0, 0.05) is 5.41 Å². The Kier molecular flexibility index (Phi) is 3.31. The van der Waals surface area contributed by atoms with E-state index in [4.69, 9.17) is 0 Å². The highest BCUT2D eigenvalue weighted by atomic mass is 14.3. The first kappa shape index (κ1) is 12.9. The molecule has 0 radical (unpaired) electrons. The van der Waals surface area contributed by atoms with Crippen molar-refractivity contribution < 1.29 is 0 Å². The van der Waals surface area contributed by atoms with E-state index in [2.05, 4.69) is 86.7 Å². The maximum Gasteiger partial charge on any atom is 0.0141 e. The molecule has 0 bridgehead atoms. The lowest BCUT2D eigenvalue weighted by atomic mass is 9.76. The molecule has 0 aromatic heterocycles. The van der Waals surface area contributed by atoms with Gasteiger partial charge in [-0.25, -0.2) is 0 Å². The van der Waals surface area contributed by atoms with E-state index in [0.29, 0.717) is 0 Å². The fraction of sp³-hybridized carbons (Fsp3) is 0.200. The predicted octanol–water partition coefficient (Wildman–Crippen LogP) is 5.52. The molecule has 3 rings (SSSR count). The standard InChI is InChI=1S/C20H20/c1-16-12-14-20(2,15-13-16)19-10-8-18(9-11-19)17-6-4-3-5-7-17/h3-14H,15H2,1-2H3. The molecule has 1 aliphatic carbocycles. The normalized spacial score (nSPS) is 21.6. The molecule has 2 aromatic carbocycles. The van der Waals surface area contributed by atoms with Crippen molar-refractivity contribution in [1.29, 1.82) is 0 Å². The van der Waals surface area contributed by atoms with E-state index in [1.165, 1.54) is 22.3 Å². The monoisotopic (exact) mass is 260 g/mol. The van der Waals surface area contributed by atoms with Crippen LogP contribution < -0.4 is 0 Å². The van der Waals surface area contributed by atoms with E-state index in [9.17, 15) is 0 Å². The van der Waals surface area contributed by atoms with E-state index in [0.717, 1.165) is 6.42 Å². The highest BCUT2D eigenvalue weighted by molar-refractivity contribution is 5.63. The van der Waals surface area contributed by atoms with Crippen LogP contribution in [0.3, 0.4) is 0 Å². The molecule has 0 aliphatic heterocycles. The molecule has 0 N–H and O–H groups in total. The van der Waals surface area contributed by atoms with Crippen molar-refractivity contribution >= 4 is 0 Å². The third-order valence-electron chi connectivity index (χ3n) is 4.21. The van der Waals surface area contributed by atoms with Crippen LogP contribution in [0.25, 0.3) is 11.1 Å². The second-order valence-corrected chi connectivity index (χ2v) is 5.85. The Morgan fingerprint density at radius 3 is 2.10 bits per heavy atom. The highest BCUT2D eigenvalue weighted by Crippen LogP contribution is 2.34. The maximum atomic E-state index is 2.33. The van der Waals surface area contributed by atoms with Crippen LogP contribution in [0, 0.1) is 0 Å². The van der Waals surface area contributed by atoms with E-state index in [1.54, 1.807) is 0 Å². The molecule has 0 amide bonds. The maximum absolute atomic E-state index is 2.33. The van der Waals surface area contributed by atoms with Crippen molar-refractivity contribution in [2.24, 2.45) is 0 Å². The number of hydrogen-bond acceptors (Lipinski definition) is 0. The third-order valence-corrected chi connectivity index (χ3v) is 4.21. The van der Waals surface area contributed by atoms with E-state index >= 15 is 0 Å². The van der Waals surface area contributed by atoms with Gasteiger partial charge in [0.05, 0.1) is 0 Å². The van der Waals surface area contributed by atoms with E-state index in [1.807, 2.05) is 0 Å². The van der Waals surface area contributed by atoms with Crippen LogP contribution in [-0.2, 0) is 5.41 Å². The number of hydrogen-bond donors (Lipinski definition) is 0. The van der Waals surface area contributed by atoms with Gasteiger partial charge in [0.15, 0.2) is 0 Å². The average molecular weight is 260 g/mol. The van der Waals surface area contributed by atoms with Crippen molar-refractivity contribution in [2.75, 3.05) is 0 Å². The van der Waals surface area contributed by atoms with Crippen LogP contribution in [0.2, 0.25) is 0 Å². The van der Waals surface area contributed by atoms with Crippen molar-refractivity contribution in [3.63, 3.8) is 0 Å². The van der Waals surface area contributed by atoms with Crippen LogP contribution in [0.4, 0.5) is 0 Å². The largest absolute Gasteiger partial charge is 0.0804 e. The quantitative estimate of drug-likeness (QED) is 0.667. The van der Waals surface area contributed by atoms with Crippen molar-refractivity contribution in [3.05, 3.63) is 84.0 Å². The lowest BCUT2D eigenvalue weighted by molar-refractivity contribution is 0.596. The zero-order chi connectivity index (χ0) is 14.0. The summed E-state index contributed by atoms with van der Waals surface area (Å²) in [5.41, 5.74) is 5.44. The van der Waals surface area contributed by atoms with Gasteiger partial charge in [0.2, 0.25) is 0 Å². The molecule has 0 nitrogen and oxygen atoms in total. The van der Waals surface area contributed by atoms with Crippen LogP contribution in [0.5, 0.6) is 0 Å². The Hall–Kier alpha value is -2.08. The molecule has 1 unspecified atom stereocenters. The Morgan fingerprint density at radius 1 is 0.850 bits per heavy atom. The third kappa shape index (κ3) is 2.46. The first-order valence-electron chi connectivity index (χ1n) is 7.19. The van der Waals surface area contributed by atoms with Gasteiger partial charge in [-0.1, -0.05) is 85.3 Å². The molecule has 0 saturated carbocycles. The number of allylic oxidation sites excluding steroid dienone is 4. The summed E-state index contributed by atoms with van der Waals surface area (Å²) in [4.78, 5) is 0. The Bertz CT molecular complexity index is 644. The summed E-state index contributed by atoms with van der Waals surface area (Å²) in [6.45, 7) is 4.47. The van der Waals surface area contributed by atoms with Crippen molar-refractivity contribution in [3.8, 4) is 11.1 Å². The van der Waals surface area contributed by atoms with Crippen molar-refractivity contribution in [1.82, 2.24) is 0 Å². The lowest BCUT2D eigenvalue weighted by Gasteiger charge is -2.28. The van der Waals surface area contributed by atoms with E-state index < -0.39 is 0 Å².